The summed E-state index contributed by atoms with van der Waals surface area (Å²) in [5, 5.41) is 18.4. The number of hydrogen-bond donors (Lipinski definition) is 2. The molecule has 2 N–H and O–H groups in total. The van der Waals surface area contributed by atoms with Crippen LogP contribution in [0.25, 0.3) is 5.65 Å². The standard InChI is InChI=1S/C27H34FN5O3/c1-27(2,3)36-26(35)32(20-9-6-8-19(28)13-20)24-14-23(29-15-18-7-4-5-10-22(18)34)31-25-21(17-11-12-17)16-30-33(24)25/h6,8-9,13-14,16-18,22,34H,4-5,7,10-12,15H2,1-3H3,(H,29,31)/t18-,22+/m1/s1. The van der Waals surface area contributed by atoms with Gasteiger partial charge in [-0.2, -0.15) is 9.61 Å². The summed E-state index contributed by atoms with van der Waals surface area (Å²) in [5.41, 5.74) is 1.26. The molecule has 2 aromatic heterocycles. The first-order valence-electron chi connectivity index (χ1n) is 12.8. The van der Waals surface area contributed by atoms with Crippen molar-refractivity contribution in [1.29, 1.82) is 0 Å². The maximum Gasteiger partial charge on any atom is 0.420 e. The third-order valence-electron chi connectivity index (χ3n) is 6.78. The third-order valence-corrected chi connectivity index (χ3v) is 6.78. The monoisotopic (exact) mass is 495 g/mol. The lowest BCUT2D eigenvalue weighted by Gasteiger charge is -2.29. The van der Waals surface area contributed by atoms with Crippen molar-refractivity contribution in [1.82, 2.24) is 14.6 Å². The Bertz CT molecular complexity index is 1250. The first-order valence-corrected chi connectivity index (χ1v) is 12.8. The number of anilines is 3. The summed E-state index contributed by atoms with van der Waals surface area (Å²) in [6.45, 7) is 5.94. The molecule has 2 atom stereocenters. The van der Waals surface area contributed by atoms with Gasteiger partial charge in [0.1, 0.15) is 23.1 Å². The third kappa shape index (κ3) is 5.31. The number of halogens is 1. The van der Waals surface area contributed by atoms with Crippen LogP contribution >= 0.6 is 0 Å². The second-order valence-corrected chi connectivity index (χ2v) is 10.9. The summed E-state index contributed by atoms with van der Waals surface area (Å²) < 4.78 is 21.6. The Morgan fingerprint density at radius 3 is 2.69 bits per heavy atom. The first kappa shape index (κ1) is 24.5. The van der Waals surface area contributed by atoms with E-state index in [0.717, 1.165) is 44.1 Å². The lowest BCUT2D eigenvalue weighted by Crippen LogP contribution is -2.35. The van der Waals surface area contributed by atoms with E-state index in [-0.39, 0.29) is 12.0 Å². The Kier molecular flexibility index (Phi) is 6.59. The van der Waals surface area contributed by atoms with Crippen LogP contribution in [0.3, 0.4) is 0 Å². The van der Waals surface area contributed by atoms with Gasteiger partial charge in [-0.1, -0.05) is 18.9 Å². The fourth-order valence-corrected chi connectivity index (χ4v) is 4.81. The van der Waals surface area contributed by atoms with Crippen molar-refractivity contribution >= 4 is 29.1 Å². The van der Waals surface area contributed by atoms with Crippen LogP contribution < -0.4 is 10.2 Å². The highest BCUT2D eigenvalue weighted by Crippen LogP contribution is 2.43. The Labute approximate surface area is 210 Å². The topological polar surface area (TPSA) is 92.0 Å². The molecular formula is C27H34FN5O3. The number of benzene rings is 1. The maximum atomic E-state index is 14.3. The van der Waals surface area contributed by atoms with Gasteiger partial charge in [-0.15, -0.1) is 0 Å². The van der Waals surface area contributed by atoms with Crippen molar-refractivity contribution in [2.24, 2.45) is 5.92 Å². The number of carbonyl (C=O) groups is 1. The van der Waals surface area contributed by atoms with Gasteiger partial charge in [0.05, 0.1) is 18.0 Å². The summed E-state index contributed by atoms with van der Waals surface area (Å²) in [7, 11) is 0. The van der Waals surface area contributed by atoms with E-state index in [9.17, 15) is 14.3 Å². The number of hydrogen-bond acceptors (Lipinski definition) is 6. The number of aromatic nitrogens is 3. The van der Waals surface area contributed by atoms with E-state index in [2.05, 4.69) is 10.4 Å². The summed E-state index contributed by atoms with van der Waals surface area (Å²) in [4.78, 5) is 19.7. The van der Waals surface area contributed by atoms with E-state index in [1.165, 1.54) is 17.0 Å². The molecule has 0 radical (unpaired) electrons. The van der Waals surface area contributed by atoms with Gasteiger partial charge in [-0.25, -0.2) is 19.1 Å². The van der Waals surface area contributed by atoms with Gasteiger partial charge in [0, 0.05) is 24.1 Å². The number of aliphatic hydroxyl groups is 1. The number of aliphatic hydroxyl groups excluding tert-OH is 1. The Balaban J connectivity index is 1.59. The molecule has 0 unspecified atom stereocenters. The van der Waals surface area contributed by atoms with Crippen LogP contribution in [0.4, 0.5) is 26.5 Å². The number of rotatable bonds is 6. The van der Waals surface area contributed by atoms with Crippen molar-refractivity contribution < 1.29 is 19.0 Å². The van der Waals surface area contributed by atoms with E-state index in [1.807, 2.05) is 0 Å². The van der Waals surface area contributed by atoms with Crippen LogP contribution in [0.5, 0.6) is 0 Å². The van der Waals surface area contributed by atoms with Gasteiger partial charge in [0.25, 0.3) is 0 Å². The fourth-order valence-electron chi connectivity index (χ4n) is 4.81. The number of ether oxygens (including phenoxy) is 1. The summed E-state index contributed by atoms with van der Waals surface area (Å²) >= 11 is 0. The summed E-state index contributed by atoms with van der Waals surface area (Å²) in [6.07, 6.45) is 6.88. The zero-order valence-electron chi connectivity index (χ0n) is 21.1. The smallest absolute Gasteiger partial charge is 0.420 e. The van der Waals surface area contributed by atoms with Crippen LogP contribution in [0.2, 0.25) is 0 Å². The predicted octanol–water partition coefficient (Wildman–Crippen LogP) is 5.78. The Hall–Kier alpha value is -3.20. The molecule has 1 aromatic carbocycles. The van der Waals surface area contributed by atoms with Crippen LogP contribution in [0.15, 0.2) is 36.5 Å². The SMILES string of the molecule is CC(C)(C)OC(=O)N(c1cccc(F)c1)c1cc(NC[C@H]2CCCC[C@@H]2O)nc2c(C3CC3)cnn12. The van der Waals surface area contributed by atoms with E-state index in [0.29, 0.717) is 35.4 Å². The van der Waals surface area contributed by atoms with Gasteiger partial charge < -0.3 is 15.2 Å². The second kappa shape index (κ2) is 9.69. The van der Waals surface area contributed by atoms with Crippen molar-refractivity contribution in [2.45, 2.75) is 76.9 Å². The van der Waals surface area contributed by atoms with E-state index in [1.54, 1.807) is 49.7 Å². The average Bonchev–Trinajstić information content (AvgIpc) is 3.56. The van der Waals surface area contributed by atoms with Crippen molar-refractivity contribution in [3.05, 3.63) is 47.9 Å². The molecule has 2 saturated carbocycles. The molecule has 0 bridgehead atoms. The van der Waals surface area contributed by atoms with Crippen LogP contribution in [0, 0.1) is 11.7 Å². The van der Waals surface area contributed by atoms with E-state index >= 15 is 0 Å². The zero-order chi connectivity index (χ0) is 25.4. The highest BCUT2D eigenvalue weighted by molar-refractivity contribution is 5.96. The summed E-state index contributed by atoms with van der Waals surface area (Å²) in [6, 6.07) is 7.59. The number of carbonyl (C=O) groups excluding carboxylic acids is 1. The van der Waals surface area contributed by atoms with Crippen LogP contribution in [0.1, 0.15) is 70.8 Å². The van der Waals surface area contributed by atoms with Gasteiger partial charge in [0.15, 0.2) is 5.65 Å². The van der Waals surface area contributed by atoms with Crippen molar-refractivity contribution in [3.63, 3.8) is 0 Å². The minimum absolute atomic E-state index is 0.137. The lowest BCUT2D eigenvalue weighted by atomic mass is 9.86. The molecule has 2 heterocycles. The lowest BCUT2D eigenvalue weighted by molar-refractivity contribution is 0.0597. The molecule has 0 saturated heterocycles. The first-order chi connectivity index (χ1) is 17.2. The number of nitrogens with zero attached hydrogens (tertiary/aromatic N) is 4. The normalized spacial score (nSPS) is 20.4. The minimum atomic E-state index is -0.754. The fraction of sp³-hybridized carbons (Fsp3) is 0.519. The highest BCUT2D eigenvalue weighted by atomic mass is 19.1. The van der Waals surface area contributed by atoms with Crippen molar-refractivity contribution in [2.75, 3.05) is 16.8 Å². The van der Waals surface area contributed by atoms with Crippen LogP contribution in [-0.2, 0) is 4.74 Å². The quantitative estimate of drug-likeness (QED) is 0.450. The van der Waals surface area contributed by atoms with Crippen LogP contribution in [-0.4, -0.2) is 44.0 Å². The molecule has 0 spiro atoms. The predicted molar refractivity (Wildman–Crippen MR) is 136 cm³/mol. The maximum absolute atomic E-state index is 14.3. The molecule has 9 heteroatoms. The average molecular weight is 496 g/mol. The highest BCUT2D eigenvalue weighted by Gasteiger charge is 2.32. The largest absolute Gasteiger partial charge is 0.443 e. The number of fused-ring (bicyclic) bond motifs is 1. The molecule has 2 aliphatic carbocycles. The second-order valence-electron chi connectivity index (χ2n) is 10.9. The van der Waals surface area contributed by atoms with Gasteiger partial charge in [-0.05, 0) is 70.6 Å². The zero-order valence-corrected chi connectivity index (χ0v) is 21.1. The molecule has 5 rings (SSSR count). The van der Waals surface area contributed by atoms with E-state index in [4.69, 9.17) is 9.72 Å². The van der Waals surface area contributed by atoms with Gasteiger partial charge >= 0.3 is 6.09 Å². The van der Waals surface area contributed by atoms with Gasteiger partial charge in [-0.3, -0.25) is 0 Å². The molecule has 2 aliphatic rings. The minimum Gasteiger partial charge on any atom is -0.443 e. The number of amides is 1. The molecule has 2 fully saturated rings. The molecular weight excluding hydrogens is 461 g/mol. The molecule has 192 valence electrons. The van der Waals surface area contributed by atoms with E-state index < -0.39 is 17.5 Å². The Morgan fingerprint density at radius 1 is 1.22 bits per heavy atom. The Morgan fingerprint density at radius 2 is 2.00 bits per heavy atom. The van der Waals surface area contributed by atoms with Crippen molar-refractivity contribution in [3.8, 4) is 0 Å². The molecule has 1 amide bonds. The molecule has 8 nitrogen and oxygen atoms in total. The molecule has 3 aromatic rings. The summed E-state index contributed by atoms with van der Waals surface area (Å²) in [5.74, 6) is 1.04. The molecule has 36 heavy (non-hydrogen) atoms. The number of nitrogens with one attached hydrogen (secondary N) is 1. The van der Waals surface area contributed by atoms with Gasteiger partial charge in [0.2, 0.25) is 0 Å². The molecule has 0 aliphatic heterocycles.